The topological polar surface area (TPSA) is 60.2 Å². The first-order valence-electron chi connectivity index (χ1n) is 6.36. The summed E-state index contributed by atoms with van der Waals surface area (Å²) < 4.78 is 51.8. The Morgan fingerprint density at radius 3 is 2.58 bits per heavy atom. The number of hydrogen-bond donors (Lipinski definition) is 1. The van der Waals surface area contributed by atoms with Crippen molar-refractivity contribution in [3.05, 3.63) is 29.8 Å². The zero-order chi connectivity index (χ0) is 14.0. The molecular formula is C13H17F2NO2S. The van der Waals surface area contributed by atoms with Crippen LogP contribution in [0.2, 0.25) is 0 Å². The van der Waals surface area contributed by atoms with Crippen LogP contribution in [0, 0.1) is 17.6 Å². The maximum Gasteiger partial charge on any atom is 0.184 e. The van der Waals surface area contributed by atoms with Gasteiger partial charge in [0.2, 0.25) is 0 Å². The molecule has 2 atom stereocenters. The van der Waals surface area contributed by atoms with Crippen LogP contribution in [0.15, 0.2) is 23.1 Å². The van der Waals surface area contributed by atoms with E-state index < -0.39 is 31.6 Å². The van der Waals surface area contributed by atoms with Gasteiger partial charge in [0.1, 0.15) is 16.5 Å². The predicted molar refractivity (Wildman–Crippen MR) is 68.3 cm³/mol. The van der Waals surface area contributed by atoms with Crippen molar-refractivity contribution in [2.45, 2.75) is 35.8 Å². The first-order valence-corrected chi connectivity index (χ1v) is 7.90. The molecule has 1 aromatic carbocycles. The van der Waals surface area contributed by atoms with Crippen LogP contribution >= 0.6 is 0 Å². The predicted octanol–water partition coefficient (Wildman–Crippen LogP) is 2.26. The van der Waals surface area contributed by atoms with E-state index in [1.165, 1.54) is 0 Å². The molecule has 0 bridgehead atoms. The monoisotopic (exact) mass is 289 g/mol. The Labute approximate surface area is 111 Å². The molecular weight excluding hydrogens is 272 g/mol. The summed E-state index contributed by atoms with van der Waals surface area (Å²) in [5.41, 5.74) is 5.60. The molecule has 6 heteroatoms. The summed E-state index contributed by atoms with van der Waals surface area (Å²) >= 11 is 0. The molecule has 2 N–H and O–H groups in total. The Morgan fingerprint density at radius 2 is 1.89 bits per heavy atom. The molecule has 1 aliphatic carbocycles. The van der Waals surface area contributed by atoms with Crippen LogP contribution in [0.5, 0.6) is 0 Å². The van der Waals surface area contributed by atoms with Gasteiger partial charge in [0, 0.05) is 0 Å². The zero-order valence-corrected chi connectivity index (χ0v) is 11.3. The van der Waals surface area contributed by atoms with Crippen LogP contribution in [0.1, 0.15) is 25.7 Å². The molecule has 0 heterocycles. The lowest BCUT2D eigenvalue weighted by atomic mass is 9.89. The van der Waals surface area contributed by atoms with Crippen molar-refractivity contribution in [3.63, 3.8) is 0 Å². The van der Waals surface area contributed by atoms with Gasteiger partial charge in [0.25, 0.3) is 0 Å². The van der Waals surface area contributed by atoms with Crippen molar-refractivity contribution in [2.75, 3.05) is 6.54 Å². The Bertz CT molecular complexity index is 560. The maximum absolute atomic E-state index is 13.7. The number of hydrogen-bond acceptors (Lipinski definition) is 3. The summed E-state index contributed by atoms with van der Waals surface area (Å²) in [6.45, 7) is 0.251. The third kappa shape index (κ3) is 2.79. The Kier molecular flexibility index (Phi) is 4.20. The molecule has 3 nitrogen and oxygen atoms in total. The fourth-order valence-corrected chi connectivity index (χ4v) is 4.88. The van der Waals surface area contributed by atoms with E-state index in [0.29, 0.717) is 6.42 Å². The summed E-state index contributed by atoms with van der Waals surface area (Å²) in [6, 6.07) is 2.52. The third-order valence-electron chi connectivity index (χ3n) is 3.74. The van der Waals surface area contributed by atoms with Gasteiger partial charge in [-0.3, -0.25) is 0 Å². The first-order chi connectivity index (χ1) is 8.96. The number of rotatable bonds is 3. The van der Waals surface area contributed by atoms with Gasteiger partial charge in [-0.15, -0.1) is 0 Å². The Morgan fingerprint density at radius 1 is 1.21 bits per heavy atom. The minimum atomic E-state index is -3.87. The van der Waals surface area contributed by atoms with Gasteiger partial charge < -0.3 is 5.73 Å². The zero-order valence-electron chi connectivity index (χ0n) is 10.5. The Hall–Kier alpha value is -1.01. The van der Waals surface area contributed by atoms with Crippen LogP contribution in [0.3, 0.4) is 0 Å². The summed E-state index contributed by atoms with van der Waals surface area (Å²) in [5, 5.41) is -0.706. The highest BCUT2D eigenvalue weighted by atomic mass is 32.2. The van der Waals surface area contributed by atoms with Gasteiger partial charge in [-0.1, -0.05) is 12.8 Å². The molecule has 0 aromatic heterocycles. The normalized spacial score (nSPS) is 24.4. The molecule has 0 saturated heterocycles. The van der Waals surface area contributed by atoms with Crippen LogP contribution in [0.4, 0.5) is 8.78 Å². The number of nitrogens with two attached hydrogens (primary N) is 1. The molecule has 0 radical (unpaired) electrons. The average Bonchev–Trinajstić information content (AvgIpc) is 2.41. The second-order valence-corrected chi connectivity index (χ2v) is 7.07. The lowest BCUT2D eigenvalue weighted by Crippen LogP contribution is -2.37. The summed E-state index contributed by atoms with van der Waals surface area (Å²) in [6.07, 6.45) is 2.88. The molecule has 106 valence electrons. The van der Waals surface area contributed by atoms with Crippen molar-refractivity contribution in [1.82, 2.24) is 0 Å². The van der Waals surface area contributed by atoms with E-state index in [9.17, 15) is 17.2 Å². The summed E-state index contributed by atoms with van der Waals surface area (Å²) in [5.74, 6) is -1.83. The number of sulfone groups is 1. The summed E-state index contributed by atoms with van der Waals surface area (Å²) in [4.78, 5) is -0.544. The van der Waals surface area contributed by atoms with Gasteiger partial charge >= 0.3 is 0 Å². The standard InChI is InChI=1S/C13H17F2NO2S/c14-10-5-6-11(15)13(7-10)19(17,18)12-4-2-1-3-9(12)8-16/h5-7,9,12H,1-4,8,16H2. The molecule has 1 fully saturated rings. The SMILES string of the molecule is NCC1CCCCC1S(=O)(=O)c1cc(F)ccc1F. The van der Waals surface area contributed by atoms with Gasteiger partial charge in [0.05, 0.1) is 5.25 Å². The number of benzene rings is 1. The highest BCUT2D eigenvalue weighted by Gasteiger charge is 2.37. The molecule has 1 saturated carbocycles. The van der Waals surface area contributed by atoms with Crippen molar-refractivity contribution >= 4 is 9.84 Å². The fourth-order valence-electron chi connectivity index (χ4n) is 2.71. The molecule has 19 heavy (non-hydrogen) atoms. The van der Waals surface area contributed by atoms with E-state index >= 15 is 0 Å². The molecule has 0 spiro atoms. The molecule has 2 rings (SSSR count). The van der Waals surface area contributed by atoms with Gasteiger partial charge in [-0.25, -0.2) is 17.2 Å². The van der Waals surface area contributed by atoms with Gasteiger partial charge in [-0.05, 0) is 43.5 Å². The Balaban J connectivity index is 2.43. The van der Waals surface area contributed by atoms with Crippen LogP contribution < -0.4 is 5.73 Å². The quantitative estimate of drug-likeness (QED) is 0.928. The van der Waals surface area contributed by atoms with Crippen molar-refractivity contribution in [2.24, 2.45) is 11.7 Å². The average molecular weight is 289 g/mol. The molecule has 1 aromatic rings. The first kappa shape index (κ1) is 14.4. The second kappa shape index (κ2) is 5.54. The van der Waals surface area contributed by atoms with E-state index in [2.05, 4.69) is 0 Å². The van der Waals surface area contributed by atoms with Crippen LogP contribution in [0.25, 0.3) is 0 Å². The van der Waals surface area contributed by atoms with E-state index in [1.807, 2.05) is 0 Å². The van der Waals surface area contributed by atoms with Crippen LogP contribution in [-0.4, -0.2) is 20.2 Å². The molecule has 1 aliphatic rings. The molecule has 0 aliphatic heterocycles. The van der Waals surface area contributed by atoms with E-state index in [0.717, 1.165) is 37.5 Å². The second-order valence-electron chi connectivity index (χ2n) is 4.94. The molecule has 2 unspecified atom stereocenters. The largest absolute Gasteiger partial charge is 0.330 e. The highest BCUT2D eigenvalue weighted by Crippen LogP contribution is 2.33. The lowest BCUT2D eigenvalue weighted by Gasteiger charge is -2.30. The third-order valence-corrected chi connectivity index (χ3v) is 6.08. The van der Waals surface area contributed by atoms with Crippen molar-refractivity contribution in [1.29, 1.82) is 0 Å². The van der Waals surface area contributed by atoms with E-state index in [-0.39, 0.29) is 12.5 Å². The van der Waals surface area contributed by atoms with Crippen molar-refractivity contribution in [3.8, 4) is 0 Å². The maximum atomic E-state index is 13.7. The van der Waals surface area contributed by atoms with E-state index in [4.69, 9.17) is 5.73 Å². The van der Waals surface area contributed by atoms with Gasteiger partial charge in [0.15, 0.2) is 9.84 Å². The fraction of sp³-hybridized carbons (Fsp3) is 0.538. The minimum Gasteiger partial charge on any atom is -0.330 e. The van der Waals surface area contributed by atoms with Crippen molar-refractivity contribution < 1.29 is 17.2 Å². The lowest BCUT2D eigenvalue weighted by molar-refractivity contribution is 0.362. The number of halogens is 2. The van der Waals surface area contributed by atoms with Crippen LogP contribution in [-0.2, 0) is 9.84 Å². The smallest absolute Gasteiger partial charge is 0.184 e. The minimum absolute atomic E-state index is 0.179. The van der Waals surface area contributed by atoms with Gasteiger partial charge in [-0.2, -0.15) is 0 Å². The van der Waals surface area contributed by atoms with E-state index in [1.54, 1.807) is 0 Å². The summed E-state index contributed by atoms with van der Waals surface area (Å²) in [7, 11) is -3.87. The highest BCUT2D eigenvalue weighted by molar-refractivity contribution is 7.92. The molecule has 0 amide bonds.